The first-order valence-corrected chi connectivity index (χ1v) is 9.33. The van der Waals surface area contributed by atoms with Crippen LogP contribution in [0.15, 0.2) is 47.4 Å². The molecule has 0 aliphatic carbocycles. The van der Waals surface area contributed by atoms with Crippen LogP contribution in [0, 0.1) is 5.82 Å². The number of benzene rings is 2. The van der Waals surface area contributed by atoms with E-state index in [-0.39, 0.29) is 28.6 Å². The molecule has 1 aliphatic heterocycles. The van der Waals surface area contributed by atoms with E-state index < -0.39 is 26.8 Å². The second kappa shape index (κ2) is 6.35. The van der Waals surface area contributed by atoms with Gasteiger partial charge in [-0.25, -0.2) is 12.8 Å². The Hall–Kier alpha value is -1.63. The average molecular weight is 388 g/mol. The maximum Gasteiger partial charge on any atom is 0.258 e. The summed E-state index contributed by atoms with van der Waals surface area (Å²) in [5.41, 5.74) is -0.235. The second-order valence-corrected chi connectivity index (χ2v) is 8.50. The zero-order valence-corrected chi connectivity index (χ0v) is 14.6. The van der Waals surface area contributed by atoms with Crippen LogP contribution >= 0.6 is 23.2 Å². The van der Waals surface area contributed by atoms with Crippen molar-refractivity contribution in [2.75, 3.05) is 13.1 Å². The first-order chi connectivity index (χ1) is 11.3. The van der Waals surface area contributed by atoms with Gasteiger partial charge in [0.1, 0.15) is 11.1 Å². The van der Waals surface area contributed by atoms with Gasteiger partial charge in [0.15, 0.2) is 9.84 Å². The lowest BCUT2D eigenvalue weighted by Gasteiger charge is -2.38. The molecule has 0 unspecified atom stereocenters. The molecular formula is C16H12Cl2FNO3S. The molecule has 1 saturated heterocycles. The lowest BCUT2D eigenvalue weighted by atomic mass is 10.1. The molecule has 0 atom stereocenters. The van der Waals surface area contributed by atoms with E-state index in [2.05, 4.69) is 0 Å². The van der Waals surface area contributed by atoms with Gasteiger partial charge in [0, 0.05) is 18.1 Å². The Morgan fingerprint density at radius 3 is 2.29 bits per heavy atom. The minimum atomic E-state index is -3.57. The summed E-state index contributed by atoms with van der Waals surface area (Å²) in [7, 11) is -3.57. The van der Waals surface area contributed by atoms with Gasteiger partial charge in [0.05, 0.1) is 15.5 Å². The third-order valence-electron chi connectivity index (χ3n) is 3.89. The molecule has 1 fully saturated rings. The Balaban J connectivity index is 1.75. The maximum atomic E-state index is 13.8. The van der Waals surface area contributed by atoms with Crippen molar-refractivity contribution in [1.82, 2.24) is 4.90 Å². The van der Waals surface area contributed by atoms with Gasteiger partial charge in [-0.2, -0.15) is 0 Å². The van der Waals surface area contributed by atoms with Crippen molar-refractivity contribution in [2.24, 2.45) is 0 Å². The van der Waals surface area contributed by atoms with Crippen molar-refractivity contribution in [1.29, 1.82) is 0 Å². The minimum Gasteiger partial charge on any atom is -0.336 e. The molecule has 126 valence electrons. The molecule has 4 nitrogen and oxygen atoms in total. The highest BCUT2D eigenvalue weighted by molar-refractivity contribution is 7.92. The van der Waals surface area contributed by atoms with E-state index in [1.165, 1.54) is 41.3 Å². The van der Waals surface area contributed by atoms with Crippen LogP contribution in [0.3, 0.4) is 0 Å². The Bertz CT molecular complexity index is 874. The molecule has 0 aromatic heterocycles. The standard InChI is InChI=1S/C16H12Cl2FNO3S/c17-10-4-6-11(7-5-10)24(22,23)12-8-20(9-12)16(21)15-13(18)2-1-3-14(15)19/h1-7,12H,8-9H2. The summed E-state index contributed by atoms with van der Waals surface area (Å²) in [5, 5.41) is -0.286. The normalized spacial score (nSPS) is 15.2. The van der Waals surface area contributed by atoms with Crippen molar-refractivity contribution in [3.63, 3.8) is 0 Å². The topological polar surface area (TPSA) is 54.5 Å². The molecule has 24 heavy (non-hydrogen) atoms. The van der Waals surface area contributed by atoms with E-state index >= 15 is 0 Å². The third-order valence-corrected chi connectivity index (χ3v) is 6.56. The highest BCUT2D eigenvalue weighted by Gasteiger charge is 2.41. The van der Waals surface area contributed by atoms with Crippen LogP contribution in [0.5, 0.6) is 0 Å². The van der Waals surface area contributed by atoms with Gasteiger partial charge in [-0.3, -0.25) is 4.79 Å². The summed E-state index contributed by atoms with van der Waals surface area (Å²) in [6.45, 7) is -0.0110. The number of hydrogen-bond donors (Lipinski definition) is 0. The molecule has 2 aromatic carbocycles. The summed E-state index contributed by atoms with van der Waals surface area (Å²) in [5.74, 6) is -1.34. The number of rotatable bonds is 3. The van der Waals surface area contributed by atoms with Gasteiger partial charge in [-0.1, -0.05) is 29.3 Å². The van der Waals surface area contributed by atoms with Gasteiger partial charge in [-0.15, -0.1) is 0 Å². The summed E-state index contributed by atoms with van der Waals surface area (Å²) in [6.07, 6.45) is 0. The number of carbonyl (C=O) groups excluding carboxylic acids is 1. The lowest BCUT2D eigenvalue weighted by molar-refractivity contribution is 0.0654. The Kier molecular flexibility index (Phi) is 4.55. The van der Waals surface area contributed by atoms with Crippen molar-refractivity contribution in [2.45, 2.75) is 10.1 Å². The highest BCUT2D eigenvalue weighted by atomic mass is 35.5. The smallest absolute Gasteiger partial charge is 0.258 e. The van der Waals surface area contributed by atoms with E-state index in [1.54, 1.807) is 0 Å². The number of likely N-dealkylation sites (tertiary alicyclic amines) is 1. The van der Waals surface area contributed by atoms with Gasteiger partial charge >= 0.3 is 0 Å². The van der Waals surface area contributed by atoms with E-state index in [0.29, 0.717) is 5.02 Å². The SMILES string of the molecule is O=C(c1c(F)cccc1Cl)N1CC(S(=O)(=O)c2ccc(Cl)cc2)C1. The van der Waals surface area contributed by atoms with E-state index in [0.717, 1.165) is 6.07 Å². The molecule has 1 amide bonds. The molecule has 0 radical (unpaired) electrons. The second-order valence-electron chi connectivity index (χ2n) is 5.43. The Morgan fingerprint density at radius 1 is 1.08 bits per heavy atom. The molecular weight excluding hydrogens is 376 g/mol. The first-order valence-electron chi connectivity index (χ1n) is 7.03. The van der Waals surface area contributed by atoms with Crippen LogP contribution < -0.4 is 0 Å². The van der Waals surface area contributed by atoms with Crippen LogP contribution in [-0.2, 0) is 9.84 Å². The predicted octanol–water partition coefficient (Wildman–Crippen LogP) is 3.43. The molecule has 0 saturated carbocycles. The van der Waals surface area contributed by atoms with Crippen molar-refractivity contribution >= 4 is 38.9 Å². The predicted molar refractivity (Wildman–Crippen MR) is 89.7 cm³/mol. The van der Waals surface area contributed by atoms with E-state index in [4.69, 9.17) is 23.2 Å². The van der Waals surface area contributed by atoms with Crippen LogP contribution in [0.2, 0.25) is 10.0 Å². The lowest BCUT2D eigenvalue weighted by Crippen LogP contribution is -2.57. The van der Waals surface area contributed by atoms with Gasteiger partial charge in [-0.05, 0) is 36.4 Å². The maximum absolute atomic E-state index is 13.8. The van der Waals surface area contributed by atoms with Crippen LogP contribution in [0.4, 0.5) is 4.39 Å². The molecule has 8 heteroatoms. The van der Waals surface area contributed by atoms with E-state index in [1.807, 2.05) is 0 Å². The third kappa shape index (κ3) is 3.01. The molecule has 2 aromatic rings. The highest BCUT2D eigenvalue weighted by Crippen LogP contribution is 2.28. The molecule has 3 rings (SSSR count). The minimum absolute atomic E-state index is 0.00371. The number of halogens is 3. The van der Waals surface area contributed by atoms with Crippen LogP contribution in [-0.4, -0.2) is 37.6 Å². The zero-order valence-electron chi connectivity index (χ0n) is 12.2. The summed E-state index contributed by atoms with van der Waals surface area (Å²) < 4.78 is 38.8. The average Bonchev–Trinajstić information content (AvgIpc) is 2.45. The Morgan fingerprint density at radius 2 is 1.71 bits per heavy atom. The van der Waals surface area contributed by atoms with Crippen molar-refractivity contribution in [3.05, 3.63) is 63.9 Å². The first kappa shape index (κ1) is 17.2. The quantitative estimate of drug-likeness (QED) is 0.810. The van der Waals surface area contributed by atoms with Crippen molar-refractivity contribution < 1.29 is 17.6 Å². The molecule has 0 spiro atoms. The molecule has 0 N–H and O–H groups in total. The van der Waals surface area contributed by atoms with Gasteiger partial charge in [0.2, 0.25) is 0 Å². The molecule has 1 heterocycles. The number of sulfone groups is 1. The zero-order chi connectivity index (χ0) is 17.5. The van der Waals surface area contributed by atoms with E-state index in [9.17, 15) is 17.6 Å². The van der Waals surface area contributed by atoms with Crippen LogP contribution in [0.1, 0.15) is 10.4 Å². The fourth-order valence-electron chi connectivity index (χ4n) is 2.48. The van der Waals surface area contributed by atoms with Gasteiger partial charge in [0.25, 0.3) is 5.91 Å². The van der Waals surface area contributed by atoms with Crippen LogP contribution in [0.25, 0.3) is 0 Å². The fraction of sp³-hybridized carbons (Fsp3) is 0.188. The summed E-state index contributed by atoms with van der Waals surface area (Å²) in [4.78, 5) is 13.7. The Labute approximate surface area is 148 Å². The number of hydrogen-bond acceptors (Lipinski definition) is 3. The van der Waals surface area contributed by atoms with Gasteiger partial charge < -0.3 is 4.90 Å². The van der Waals surface area contributed by atoms with Crippen molar-refractivity contribution in [3.8, 4) is 0 Å². The largest absolute Gasteiger partial charge is 0.336 e. The molecule has 0 bridgehead atoms. The number of nitrogens with zero attached hydrogens (tertiary/aromatic N) is 1. The monoisotopic (exact) mass is 387 g/mol. The number of amides is 1. The molecule has 1 aliphatic rings. The summed E-state index contributed by atoms with van der Waals surface area (Å²) in [6, 6.07) is 9.80. The number of carbonyl (C=O) groups is 1. The summed E-state index contributed by atoms with van der Waals surface area (Å²) >= 11 is 11.6. The fourth-order valence-corrected chi connectivity index (χ4v) is 4.50.